The van der Waals surface area contributed by atoms with Crippen LogP contribution in [0.15, 0.2) is 28.5 Å². The van der Waals surface area contributed by atoms with E-state index in [4.69, 9.17) is 5.73 Å². The zero-order valence-electron chi connectivity index (χ0n) is 8.57. The maximum atomic E-state index is 12.7. The Morgan fingerprint density at radius 1 is 1.41 bits per heavy atom. The highest BCUT2D eigenvalue weighted by molar-refractivity contribution is 7.17. The van der Waals surface area contributed by atoms with Crippen molar-refractivity contribution in [3.63, 3.8) is 0 Å². The van der Waals surface area contributed by atoms with Crippen molar-refractivity contribution in [3.8, 4) is 0 Å². The van der Waals surface area contributed by atoms with E-state index in [1.54, 1.807) is 5.38 Å². The molecule has 0 radical (unpaired) electrons. The first-order chi connectivity index (χ1) is 7.95. The Morgan fingerprint density at radius 2 is 2.12 bits per heavy atom. The van der Waals surface area contributed by atoms with Crippen LogP contribution >= 0.6 is 11.3 Å². The summed E-state index contributed by atoms with van der Waals surface area (Å²) in [6.07, 6.45) is -3.38. The normalized spacial score (nSPS) is 14.1. The highest BCUT2D eigenvalue weighted by Crippen LogP contribution is 2.29. The highest BCUT2D eigenvalue weighted by Gasteiger charge is 2.40. The molecule has 17 heavy (non-hydrogen) atoms. The SMILES string of the molecule is NCC(n1ccc2sccc2c1=O)C(F)(F)F. The number of hydrogen-bond acceptors (Lipinski definition) is 3. The van der Waals surface area contributed by atoms with Crippen molar-refractivity contribution in [2.24, 2.45) is 5.73 Å². The number of rotatable bonds is 2. The fourth-order valence-electron chi connectivity index (χ4n) is 1.63. The topological polar surface area (TPSA) is 48.0 Å². The van der Waals surface area contributed by atoms with E-state index in [1.165, 1.54) is 23.5 Å². The van der Waals surface area contributed by atoms with E-state index in [0.29, 0.717) is 14.7 Å². The molecule has 2 rings (SSSR count). The molecule has 0 amide bonds. The summed E-state index contributed by atoms with van der Waals surface area (Å²) in [4.78, 5) is 11.9. The molecule has 0 aliphatic rings. The first kappa shape index (κ1) is 12.1. The summed E-state index contributed by atoms with van der Waals surface area (Å²) in [5, 5.41) is 1.96. The third kappa shape index (κ3) is 2.07. The van der Waals surface area contributed by atoms with E-state index in [0.717, 1.165) is 6.20 Å². The first-order valence-corrected chi connectivity index (χ1v) is 5.68. The summed E-state index contributed by atoms with van der Waals surface area (Å²) in [5.74, 6) is 0. The molecule has 0 aromatic carbocycles. The highest BCUT2D eigenvalue weighted by atomic mass is 32.1. The predicted octanol–water partition coefficient (Wildman–Crippen LogP) is 2.13. The van der Waals surface area contributed by atoms with Gasteiger partial charge in [0.15, 0.2) is 0 Å². The van der Waals surface area contributed by atoms with Crippen LogP contribution in [0.4, 0.5) is 13.2 Å². The molecule has 2 N–H and O–H groups in total. The lowest BCUT2D eigenvalue weighted by Gasteiger charge is -2.20. The Hall–Kier alpha value is -1.34. The van der Waals surface area contributed by atoms with Crippen LogP contribution in [-0.4, -0.2) is 17.3 Å². The molecule has 0 fully saturated rings. The molecule has 0 spiro atoms. The Bertz CT molecular complexity index is 587. The first-order valence-electron chi connectivity index (χ1n) is 4.80. The van der Waals surface area contributed by atoms with E-state index < -0.39 is 24.3 Å². The van der Waals surface area contributed by atoms with E-state index in [9.17, 15) is 18.0 Å². The number of nitrogens with zero attached hydrogens (tertiary/aromatic N) is 1. The number of aromatic nitrogens is 1. The molecule has 3 nitrogen and oxygen atoms in total. The summed E-state index contributed by atoms with van der Waals surface area (Å²) in [5.41, 5.74) is 4.45. The average Bonchev–Trinajstić information content (AvgIpc) is 2.69. The monoisotopic (exact) mass is 262 g/mol. The zero-order chi connectivity index (χ0) is 12.6. The van der Waals surface area contributed by atoms with Gasteiger partial charge < -0.3 is 10.3 Å². The zero-order valence-corrected chi connectivity index (χ0v) is 9.39. The minimum absolute atomic E-state index is 0.292. The van der Waals surface area contributed by atoms with E-state index in [-0.39, 0.29) is 0 Å². The standard InChI is InChI=1S/C10H9F3N2OS/c11-10(12,13)8(5-14)15-3-1-7-6(9(15)16)2-4-17-7/h1-4,8H,5,14H2. The number of nitrogens with two attached hydrogens (primary N) is 1. The minimum Gasteiger partial charge on any atom is -0.328 e. The maximum Gasteiger partial charge on any atom is 0.410 e. The molecule has 2 heterocycles. The summed E-state index contributed by atoms with van der Waals surface area (Å²) in [6.45, 7) is -0.654. The van der Waals surface area contributed by atoms with E-state index in [1.807, 2.05) is 0 Å². The lowest BCUT2D eigenvalue weighted by molar-refractivity contribution is -0.165. The largest absolute Gasteiger partial charge is 0.410 e. The average molecular weight is 262 g/mol. The third-order valence-corrected chi connectivity index (χ3v) is 3.37. The molecular weight excluding hydrogens is 253 g/mol. The Kier molecular flexibility index (Phi) is 2.96. The van der Waals surface area contributed by atoms with Gasteiger partial charge in [-0.25, -0.2) is 0 Å². The van der Waals surface area contributed by atoms with Crippen molar-refractivity contribution in [2.45, 2.75) is 12.2 Å². The van der Waals surface area contributed by atoms with Crippen molar-refractivity contribution in [1.82, 2.24) is 4.57 Å². The van der Waals surface area contributed by atoms with Crippen LogP contribution in [0.3, 0.4) is 0 Å². The minimum atomic E-state index is -4.53. The van der Waals surface area contributed by atoms with Crippen molar-refractivity contribution in [2.75, 3.05) is 6.54 Å². The van der Waals surface area contributed by atoms with Gasteiger partial charge in [-0.15, -0.1) is 11.3 Å². The molecule has 2 aromatic heterocycles. The van der Waals surface area contributed by atoms with Crippen LogP contribution in [0.5, 0.6) is 0 Å². The van der Waals surface area contributed by atoms with Gasteiger partial charge in [0.25, 0.3) is 5.56 Å². The van der Waals surface area contributed by atoms with Crippen molar-refractivity contribution in [3.05, 3.63) is 34.1 Å². The number of hydrogen-bond donors (Lipinski definition) is 1. The van der Waals surface area contributed by atoms with E-state index in [2.05, 4.69) is 0 Å². The molecular formula is C10H9F3N2OS. The second kappa shape index (κ2) is 4.15. The summed E-state index contributed by atoms with van der Waals surface area (Å²) < 4.78 is 39.3. The summed E-state index contributed by atoms with van der Waals surface area (Å²) in [7, 11) is 0. The molecule has 0 aliphatic carbocycles. The van der Waals surface area contributed by atoms with Gasteiger partial charge >= 0.3 is 6.18 Å². The molecule has 0 aliphatic heterocycles. The second-order valence-corrected chi connectivity index (χ2v) is 4.47. The van der Waals surface area contributed by atoms with Crippen LogP contribution in [0.25, 0.3) is 10.1 Å². The van der Waals surface area contributed by atoms with Gasteiger partial charge in [0.05, 0.1) is 5.39 Å². The Labute approximate surface area is 98.3 Å². The van der Waals surface area contributed by atoms with Crippen LogP contribution in [0, 0.1) is 0 Å². The summed E-state index contributed by atoms with van der Waals surface area (Å²) >= 11 is 1.31. The number of pyridine rings is 1. The molecule has 92 valence electrons. The van der Waals surface area contributed by atoms with Crippen LogP contribution in [0.2, 0.25) is 0 Å². The van der Waals surface area contributed by atoms with Crippen molar-refractivity contribution in [1.29, 1.82) is 0 Å². The van der Waals surface area contributed by atoms with Crippen LogP contribution in [-0.2, 0) is 0 Å². The third-order valence-electron chi connectivity index (χ3n) is 2.48. The fourth-order valence-corrected chi connectivity index (χ4v) is 2.40. The number of fused-ring (bicyclic) bond motifs is 1. The molecule has 0 saturated heterocycles. The lowest BCUT2D eigenvalue weighted by Crippen LogP contribution is -2.38. The van der Waals surface area contributed by atoms with Gasteiger partial charge in [-0.3, -0.25) is 4.79 Å². The van der Waals surface area contributed by atoms with Gasteiger partial charge in [-0.05, 0) is 17.5 Å². The molecule has 0 saturated carbocycles. The second-order valence-electron chi connectivity index (χ2n) is 3.52. The quantitative estimate of drug-likeness (QED) is 0.901. The number of alkyl halides is 3. The lowest BCUT2D eigenvalue weighted by atomic mass is 10.2. The maximum absolute atomic E-state index is 12.7. The molecule has 0 bridgehead atoms. The van der Waals surface area contributed by atoms with Gasteiger partial charge in [-0.1, -0.05) is 0 Å². The number of halogens is 3. The smallest absolute Gasteiger partial charge is 0.328 e. The van der Waals surface area contributed by atoms with Crippen molar-refractivity contribution < 1.29 is 13.2 Å². The van der Waals surface area contributed by atoms with Crippen molar-refractivity contribution >= 4 is 21.4 Å². The van der Waals surface area contributed by atoms with Crippen LogP contribution in [0.1, 0.15) is 6.04 Å². The summed E-state index contributed by atoms with van der Waals surface area (Å²) in [6, 6.07) is 1.04. The Balaban J connectivity index is 2.62. The molecule has 7 heteroatoms. The number of thiophene rings is 1. The molecule has 1 atom stereocenters. The van der Waals surface area contributed by atoms with Gasteiger partial charge in [0.1, 0.15) is 6.04 Å². The van der Waals surface area contributed by atoms with Gasteiger partial charge in [-0.2, -0.15) is 13.2 Å². The van der Waals surface area contributed by atoms with Crippen LogP contribution < -0.4 is 11.3 Å². The molecule has 2 aromatic rings. The van der Waals surface area contributed by atoms with Gasteiger partial charge in [0.2, 0.25) is 0 Å². The predicted molar refractivity (Wildman–Crippen MR) is 60.2 cm³/mol. The Morgan fingerprint density at radius 3 is 2.71 bits per heavy atom. The van der Waals surface area contributed by atoms with Gasteiger partial charge in [0, 0.05) is 17.4 Å². The fraction of sp³-hybridized carbons (Fsp3) is 0.300. The van der Waals surface area contributed by atoms with E-state index >= 15 is 0 Å². The molecule has 1 unspecified atom stereocenters.